The summed E-state index contributed by atoms with van der Waals surface area (Å²) in [5, 5.41) is 2.37. The van der Waals surface area contributed by atoms with Crippen molar-refractivity contribution in [2.24, 2.45) is 5.73 Å². The fourth-order valence-electron chi connectivity index (χ4n) is 1.96. The van der Waals surface area contributed by atoms with Gasteiger partial charge < -0.3 is 5.73 Å². The van der Waals surface area contributed by atoms with Gasteiger partial charge in [-0.15, -0.1) is 0 Å². The molecule has 0 heterocycles. The van der Waals surface area contributed by atoms with Crippen molar-refractivity contribution in [2.45, 2.75) is 20.3 Å². The van der Waals surface area contributed by atoms with Crippen LogP contribution in [0.4, 0.5) is 0 Å². The van der Waals surface area contributed by atoms with Gasteiger partial charge >= 0.3 is 0 Å². The molecule has 0 radical (unpaired) electrons. The first-order valence-electron chi connectivity index (χ1n) is 5.34. The Kier molecular flexibility index (Phi) is 2.65. The highest BCUT2D eigenvalue weighted by atomic mass is 16.1. The number of carbonyl (C=O) groups excluding carboxylic acids is 1. The largest absolute Gasteiger partial charge is 0.369 e. The van der Waals surface area contributed by atoms with E-state index in [1.807, 2.05) is 6.92 Å². The lowest BCUT2D eigenvalue weighted by Gasteiger charge is -2.07. The van der Waals surface area contributed by atoms with Crippen molar-refractivity contribution >= 4 is 16.7 Å². The molecular formula is C14H15NO. The van der Waals surface area contributed by atoms with Gasteiger partial charge in [-0.1, -0.05) is 35.9 Å². The van der Waals surface area contributed by atoms with E-state index in [2.05, 4.69) is 37.3 Å². The Labute approximate surface area is 95.1 Å². The Morgan fingerprint density at radius 1 is 1.12 bits per heavy atom. The zero-order valence-electron chi connectivity index (χ0n) is 9.58. The number of nitrogens with two attached hydrogens (primary N) is 1. The SMILES string of the molecule is Cc1ccc2cc(C)c(CC(N)=O)cc2c1. The molecule has 0 aromatic heterocycles. The number of aryl methyl sites for hydroxylation is 2. The summed E-state index contributed by atoms with van der Waals surface area (Å²) in [5.74, 6) is -0.282. The Morgan fingerprint density at radius 2 is 1.88 bits per heavy atom. The smallest absolute Gasteiger partial charge is 0.221 e. The van der Waals surface area contributed by atoms with Gasteiger partial charge in [-0.2, -0.15) is 0 Å². The van der Waals surface area contributed by atoms with E-state index < -0.39 is 0 Å². The third-order valence-corrected chi connectivity index (χ3v) is 2.82. The topological polar surface area (TPSA) is 43.1 Å². The number of fused-ring (bicyclic) bond motifs is 1. The third-order valence-electron chi connectivity index (χ3n) is 2.82. The molecule has 0 spiro atoms. The van der Waals surface area contributed by atoms with Crippen LogP contribution in [0.15, 0.2) is 30.3 Å². The number of amides is 1. The summed E-state index contributed by atoms with van der Waals surface area (Å²) >= 11 is 0. The molecule has 2 aromatic carbocycles. The van der Waals surface area contributed by atoms with E-state index in [0.29, 0.717) is 6.42 Å². The summed E-state index contributed by atoms with van der Waals surface area (Å²) in [6, 6.07) is 10.5. The molecule has 82 valence electrons. The predicted molar refractivity (Wildman–Crippen MR) is 66.3 cm³/mol. The maximum atomic E-state index is 10.9. The number of hydrogen-bond donors (Lipinski definition) is 1. The number of rotatable bonds is 2. The van der Waals surface area contributed by atoms with Crippen molar-refractivity contribution < 1.29 is 4.79 Å². The zero-order valence-corrected chi connectivity index (χ0v) is 9.58. The number of carbonyl (C=O) groups is 1. The van der Waals surface area contributed by atoms with Crippen LogP contribution in [0.25, 0.3) is 10.8 Å². The minimum Gasteiger partial charge on any atom is -0.369 e. The second kappa shape index (κ2) is 3.97. The van der Waals surface area contributed by atoms with Crippen LogP contribution < -0.4 is 5.73 Å². The first-order valence-corrected chi connectivity index (χ1v) is 5.34. The second-order valence-electron chi connectivity index (χ2n) is 4.27. The van der Waals surface area contributed by atoms with Crippen molar-refractivity contribution in [1.82, 2.24) is 0 Å². The molecule has 0 aliphatic rings. The van der Waals surface area contributed by atoms with Gasteiger partial charge in [0.1, 0.15) is 0 Å². The zero-order chi connectivity index (χ0) is 11.7. The van der Waals surface area contributed by atoms with E-state index in [9.17, 15) is 4.79 Å². The second-order valence-corrected chi connectivity index (χ2v) is 4.27. The standard InChI is InChI=1S/C14H15NO/c1-9-3-4-11-6-10(2)12(8-14(15)16)7-13(11)5-9/h3-7H,8H2,1-2H3,(H2,15,16). The molecule has 0 atom stereocenters. The Hall–Kier alpha value is -1.83. The fourth-order valence-corrected chi connectivity index (χ4v) is 1.96. The van der Waals surface area contributed by atoms with E-state index >= 15 is 0 Å². The summed E-state index contributed by atoms with van der Waals surface area (Å²) < 4.78 is 0. The molecular weight excluding hydrogens is 198 g/mol. The van der Waals surface area contributed by atoms with Gasteiger partial charge in [0.2, 0.25) is 5.91 Å². The number of hydrogen-bond acceptors (Lipinski definition) is 1. The molecule has 1 amide bonds. The molecule has 0 aliphatic heterocycles. The predicted octanol–water partition coefficient (Wildman–Crippen LogP) is 2.48. The molecule has 2 N–H and O–H groups in total. The highest BCUT2D eigenvalue weighted by Crippen LogP contribution is 2.21. The summed E-state index contributed by atoms with van der Waals surface area (Å²) in [4.78, 5) is 10.9. The Bertz CT molecular complexity index is 558. The van der Waals surface area contributed by atoms with Gasteiger partial charge in [-0.05, 0) is 35.7 Å². The van der Waals surface area contributed by atoms with Gasteiger partial charge in [0, 0.05) is 0 Å². The molecule has 0 aliphatic carbocycles. The molecule has 0 fully saturated rings. The molecule has 0 saturated heterocycles. The Morgan fingerprint density at radius 3 is 2.56 bits per heavy atom. The maximum Gasteiger partial charge on any atom is 0.221 e. The lowest BCUT2D eigenvalue weighted by molar-refractivity contribution is -0.117. The van der Waals surface area contributed by atoms with Crippen LogP contribution in [0.2, 0.25) is 0 Å². The van der Waals surface area contributed by atoms with Crippen LogP contribution in [0.5, 0.6) is 0 Å². The molecule has 2 nitrogen and oxygen atoms in total. The van der Waals surface area contributed by atoms with Crippen molar-refractivity contribution in [3.8, 4) is 0 Å². The van der Waals surface area contributed by atoms with Gasteiger partial charge in [-0.3, -0.25) is 4.79 Å². The first kappa shape index (κ1) is 10.7. The van der Waals surface area contributed by atoms with Crippen LogP contribution in [-0.4, -0.2) is 5.91 Å². The normalized spacial score (nSPS) is 10.6. The van der Waals surface area contributed by atoms with Gasteiger partial charge in [0.15, 0.2) is 0 Å². The molecule has 0 unspecified atom stereocenters. The van der Waals surface area contributed by atoms with Crippen LogP contribution in [0.3, 0.4) is 0 Å². The molecule has 2 aromatic rings. The maximum absolute atomic E-state index is 10.9. The average molecular weight is 213 g/mol. The first-order chi connectivity index (χ1) is 7.56. The summed E-state index contributed by atoms with van der Waals surface area (Å²) in [5.41, 5.74) is 8.59. The van der Waals surface area contributed by atoms with Crippen LogP contribution in [0.1, 0.15) is 16.7 Å². The highest BCUT2D eigenvalue weighted by Gasteiger charge is 2.04. The summed E-state index contributed by atoms with van der Waals surface area (Å²) in [7, 11) is 0. The minimum absolute atomic E-state index is 0.282. The van der Waals surface area contributed by atoms with Crippen LogP contribution >= 0.6 is 0 Å². The fraction of sp³-hybridized carbons (Fsp3) is 0.214. The van der Waals surface area contributed by atoms with E-state index in [-0.39, 0.29) is 5.91 Å². The summed E-state index contributed by atoms with van der Waals surface area (Å²) in [6.45, 7) is 4.07. The molecule has 2 heteroatoms. The highest BCUT2D eigenvalue weighted by molar-refractivity contribution is 5.86. The monoisotopic (exact) mass is 213 g/mol. The molecule has 16 heavy (non-hydrogen) atoms. The quantitative estimate of drug-likeness (QED) is 0.818. The van der Waals surface area contributed by atoms with Gasteiger partial charge in [0.05, 0.1) is 6.42 Å². The number of primary amides is 1. The molecule has 0 saturated carbocycles. The van der Waals surface area contributed by atoms with Crippen molar-refractivity contribution in [2.75, 3.05) is 0 Å². The van der Waals surface area contributed by atoms with E-state index in [4.69, 9.17) is 5.73 Å². The van der Waals surface area contributed by atoms with Gasteiger partial charge in [-0.25, -0.2) is 0 Å². The lowest BCUT2D eigenvalue weighted by atomic mass is 9.98. The van der Waals surface area contributed by atoms with Gasteiger partial charge in [0.25, 0.3) is 0 Å². The lowest BCUT2D eigenvalue weighted by Crippen LogP contribution is -2.14. The molecule has 2 rings (SSSR count). The minimum atomic E-state index is -0.282. The molecule has 0 bridgehead atoms. The van der Waals surface area contributed by atoms with Crippen molar-refractivity contribution in [3.63, 3.8) is 0 Å². The van der Waals surface area contributed by atoms with E-state index in [0.717, 1.165) is 11.1 Å². The average Bonchev–Trinajstić information content (AvgIpc) is 2.19. The van der Waals surface area contributed by atoms with Crippen LogP contribution in [0, 0.1) is 13.8 Å². The summed E-state index contributed by atoms with van der Waals surface area (Å²) in [6.07, 6.45) is 0.315. The number of benzene rings is 2. The van der Waals surface area contributed by atoms with Crippen molar-refractivity contribution in [3.05, 3.63) is 47.0 Å². The van der Waals surface area contributed by atoms with E-state index in [1.54, 1.807) is 0 Å². The van der Waals surface area contributed by atoms with E-state index in [1.165, 1.54) is 16.3 Å². The Balaban J connectivity index is 2.59. The van der Waals surface area contributed by atoms with Crippen LogP contribution in [-0.2, 0) is 11.2 Å². The third kappa shape index (κ3) is 2.06. The van der Waals surface area contributed by atoms with Crippen molar-refractivity contribution in [1.29, 1.82) is 0 Å².